The summed E-state index contributed by atoms with van der Waals surface area (Å²) in [5.74, 6) is 0.534. The molecule has 0 aliphatic heterocycles. The van der Waals surface area contributed by atoms with Gasteiger partial charge in [-0.1, -0.05) is 17.7 Å². The Morgan fingerprint density at radius 2 is 2.17 bits per heavy atom. The number of hydrogen-bond acceptors (Lipinski definition) is 4. The topological polar surface area (TPSA) is 65.3 Å². The minimum Gasteiger partial charge on any atom is -0.487 e. The minimum atomic E-state index is -0.478. The summed E-state index contributed by atoms with van der Waals surface area (Å²) in [4.78, 5) is 14.3. The maximum atomic E-state index is 10.9. The number of hydrogen-bond donors (Lipinski definition) is 0. The van der Waals surface area contributed by atoms with Gasteiger partial charge in [0.2, 0.25) is 0 Å². The maximum Gasteiger partial charge on any atom is 0.277 e. The molecule has 0 aliphatic rings. The van der Waals surface area contributed by atoms with Gasteiger partial charge in [-0.3, -0.25) is 15.1 Å². The molecule has 0 saturated carbocycles. The summed E-state index contributed by atoms with van der Waals surface area (Å²) in [6.07, 6.45) is 3.15. The number of halogens is 1. The summed E-state index contributed by atoms with van der Waals surface area (Å²) in [6.45, 7) is 0.0294. The molecule has 1 aromatic heterocycles. The smallest absolute Gasteiger partial charge is 0.277 e. The summed E-state index contributed by atoms with van der Waals surface area (Å²) in [7, 11) is 0. The molecular weight excluding hydrogens is 256 g/mol. The van der Waals surface area contributed by atoms with Gasteiger partial charge < -0.3 is 4.74 Å². The van der Waals surface area contributed by atoms with Crippen molar-refractivity contribution in [1.29, 1.82) is 0 Å². The highest BCUT2D eigenvalue weighted by Crippen LogP contribution is 2.27. The van der Waals surface area contributed by atoms with Gasteiger partial charge in [0, 0.05) is 12.3 Å². The normalized spacial score (nSPS) is 10.1. The number of nitro groups is 1. The van der Waals surface area contributed by atoms with Crippen molar-refractivity contribution in [3.8, 4) is 5.75 Å². The Balaban J connectivity index is 2.21. The standard InChI is InChI=1S/C12H9ClN2O3/c13-11-4-1-5-12(15(16)17)10(11)8-18-9-3-2-6-14-7-9/h1-7H,8H2. The third-order valence-corrected chi connectivity index (χ3v) is 2.66. The first-order chi connectivity index (χ1) is 8.68. The largest absolute Gasteiger partial charge is 0.487 e. The molecule has 6 heteroatoms. The van der Waals surface area contributed by atoms with Crippen molar-refractivity contribution in [2.24, 2.45) is 0 Å². The summed E-state index contributed by atoms with van der Waals surface area (Å²) in [6, 6.07) is 7.96. The van der Waals surface area contributed by atoms with Crippen LogP contribution in [-0.2, 0) is 6.61 Å². The Hall–Kier alpha value is -2.14. The second-order valence-electron chi connectivity index (χ2n) is 3.47. The molecular formula is C12H9ClN2O3. The summed E-state index contributed by atoms with van der Waals surface area (Å²) in [5, 5.41) is 11.2. The van der Waals surface area contributed by atoms with Gasteiger partial charge in [-0.05, 0) is 18.2 Å². The monoisotopic (exact) mass is 264 g/mol. The zero-order chi connectivity index (χ0) is 13.0. The molecule has 0 N–H and O–H groups in total. The summed E-state index contributed by atoms with van der Waals surface area (Å²) in [5.41, 5.74) is 0.305. The van der Waals surface area contributed by atoms with Gasteiger partial charge >= 0.3 is 0 Å². The SMILES string of the molecule is O=[N+]([O-])c1cccc(Cl)c1COc1cccnc1. The second-order valence-corrected chi connectivity index (χ2v) is 3.88. The Bertz CT molecular complexity index is 561. The molecule has 0 bridgehead atoms. The molecule has 0 saturated heterocycles. The van der Waals surface area contributed by atoms with Crippen LogP contribution in [0, 0.1) is 10.1 Å². The van der Waals surface area contributed by atoms with E-state index < -0.39 is 4.92 Å². The Labute approximate surface area is 108 Å². The number of nitro benzene ring substituents is 1. The fraction of sp³-hybridized carbons (Fsp3) is 0.0833. The Morgan fingerprint density at radius 1 is 1.33 bits per heavy atom. The van der Waals surface area contributed by atoms with Crippen LogP contribution in [0.1, 0.15) is 5.56 Å². The van der Waals surface area contributed by atoms with E-state index in [9.17, 15) is 10.1 Å². The first-order valence-corrected chi connectivity index (χ1v) is 5.51. The van der Waals surface area contributed by atoms with Crippen molar-refractivity contribution in [2.75, 3.05) is 0 Å². The zero-order valence-corrected chi connectivity index (χ0v) is 10.0. The Kier molecular flexibility index (Phi) is 3.74. The maximum absolute atomic E-state index is 10.9. The van der Waals surface area contributed by atoms with Crippen LogP contribution in [0.3, 0.4) is 0 Å². The van der Waals surface area contributed by atoms with Gasteiger partial charge in [0.05, 0.1) is 21.7 Å². The van der Waals surface area contributed by atoms with Crippen molar-refractivity contribution in [3.63, 3.8) is 0 Å². The highest BCUT2D eigenvalue weighted by molar-refractivity contribution is 6.31. The molecule has 0 aliphatic carbocycles. The fourth-order valence-corrected chi connectivity index (χ4v) is 1.67. The lowest BCUT2D eigenvalue weighted by Crippen LogP contribution is -2.01. The summed E-state index contributed by atoms with van der Waals surface area (Å²) >= 11 is 5.94. The lowest BCUT2D eigenvalue weighted by Gasteiger charge is -2.07. The number of aromatic nitrogens is 1. The van der Waals surface area contributed by atoms with Crippen molar-refractivity contribution in [2.45, 2.75) is 6.61 Å². The van der Waals surface area contributed by atoms with E-state index >= 15 is 0 Å². The number of rotatable bonds is 4. The second kappa shape index (κ2) is 5.46. The van der Waals surface area contributed by atoms with Crippen LogP contribution in [-0.4, -0.2) is 9.91 Å². The molecule has 0 spiro atoms. The fourth-order valence-electron chi connectivity index (χ4n) is 1.45. The van der Waals surface area contributed by atoms with Gasteiger partial charge in [0.1, 0.15) is 12.4 Å². The van der Waals surface area contributed by atoms with Crippen LogP contribution >= 0.6 is 11.6 Å². The van der Waals surface area contributed by atoms with Crippen molar-refractivity contribution in [1.82, 2.24) is 4.98 Å². The van der Waals surface area contributed by atoms with Crippen molar-refractivity contribution < 1.29 is 9.66 Å². The molecule has 1 heterocycles. The Morgan fingerprint density at radius 3 is 2.83 bits per heavy atom. The molecule has 5 nitrogen and oxygen atoms in total. The van der Waals surface area contributed by atoms with E-state index in [0.717, 1.165) is 0 Å². The van der Waals surface area contributed by atoms with E-state index in [4.69, 9.17) is 16.3 Å². The lowest BCUT2D eigenvalue weighted by atomic mass is 10.2. The van der Waals surface area contributed by atoms with Gasteiger partial charge in [-0.15, -0.1) is 0 Å². The highest BCUT2D eigenvalue weighted by atomic mass is 35.5. The van der Waals surface area contributed by atoms with E-state index in [1.54, 1.807) is 24.4 Å². The first kappa shape index (κ1) is 12.3. The van der Waals surface area contributed by atoms with Crippen LogP contribution in [0.5, 0.6) is 5.75 Å². The van der Waals surface area contributed by atoms with Crippen LogP contribution in [0.2, 0.25) is 5.02 Å². The number of ether oxygens (including phenoxy) is 1. The molecule has 0 radical (unpaired) electrons. The molecule has 0 atom stereocenters. The van der Waals surface area contributed by atoms with E-state index in [0.29, 0.717) is 16.3 Å². The van der Waals surface area contributed by atoms with Crippen molar-refractivity contribution in [3.05, 3.63) is 63.4 Å². The van der Waals surface area contributed by atoms with Gasteiger partial charge in [-0.2, -0.15) is 0 Å². The average molecular weight is 265 g/mol. The molecule has 0 fully saturated rings. The quantitative estimate of drug-likeness (QED) is 0.628. The third-order valence-electron chi connectivity index (χ3n) is 2.31. The van der Waals surface area contributed by atoms with E-state index in [1.807, 2.05) is 0 Å². The van der Waals surface area contributed by atoms with Crippen LogP contribution in [0.15, 0.2) is 42.7 Å². The molecule has 0 unspecified atom stereocenters. The van der Waals surface area contributed by atoms with Crippen LogP contribution in [0.4, 0.5) is 5.69 Å². The zero-order valence-electron chi connectivity index (χ0n) is 9.25. The average Bonchev–Trinajstić information content (AvgIpc) is 2.38. The number of pyridine rings is 1. The first-order valence-electron chi connectivity index (χ1n) is 5.13. The predicted octanol–water partition coefficient (Wildman–Crippen LogP) is 3.22. The summed E-state index contributed by atoms with van der Waals surface area (Å²) < 4.78 is 5.41. The molecule has 18 heavy (non-hydrogen) atoms. The number of nitrogens with zero attached hydrogens (tertiary/aromatic N) is 2. The number of benzene rings is 1. The van der Waals surface area contributed by atoms with Crippen LogP contribution < -0.4 is 4.74 Å². The van der Waals surface area contributed by atoms with E-state index in [-0.39, 0.29) is 12.3 Å². The molecule has 92 valence electrons. The van der Waals surface area contributed by atoms with E-state index in [1.165, 1.54) is 18.3 Å². The van der Waals surface area contributed by atoms with Gasteiger partial charge in [0.15, 0.2) is 0 Å². The van der Waals surface area contributed by atoms with Crippen LogP contribution in [0.25, 0.3) is 0 Å². The molecule has 2 aromatic rings. The molecule has 1 aromatic carbocycles. The lowest BCUT2D eigenvalue weighted by molar-refractivity contribution is -0.385. The third kappa shape index (κ3) is 2.75. The molecule has 0 amide bonds. The predicted molar refractivity (Wildman–Crippen MR) is 66.7 cm³/mol. The highest BCUT2D eigenvalue weighted by Gasteiger charge is 2.16. The molecule has 2 rings (SSSR count). The van der Waals surface area contributed by atoms with E-state index in [2.05, 4.69) is 4.98 Å². The van der Waals surface area contributed by atoms with Crippen molar-refractivity contribution >= 4 is 17.3 Å². The van der Waals surface area contributed by atoms with Gasteiger partial charge in [0.25, 0.3) is 5.69 Å². The van der Waals surface area contributed by atoms with Gasteiger partial charge in [-0.25, -0.2) is 0 Å². The minimum absolute atomic E-state index is 0.0294.